The van der Waals surface area contributed by atoms with Crippen molar-refractivity contribution in [2.75, 3.05) is 32.8 Å². The van der Waals surface area contributed by atoms with Crippen molar-refractivity contribution in [1.82, 2.24) is 26.2 Å². The van der Waals surface area contributed by atoms with Crippen molar-refractivity contribution in [2.45, 2.75) is 78.9 Å². The van der Waals surface area contributed by atoms with Crippen molar-refractivity contribution < 1.29 is 23.9 Å². The lowest BCUT2D eigenvalue weighted by Gasteiger charge is -2.27. The molecule has 0 spiro atoms. The van der Waals surface area contributed by atoms with Crippen LogP contribution in [-0.4, -0.2) is 79.4 Å². The number of hydrogen-bond donors (Lipinski definition) is 4. The zero-order chi connectivity index (χ0) is 28.9. The van der Waals surface area contributed by atoms with Crippen molar-refractivity contribution in [3.63, 3.8) is 0 Å². The minimum Gasteiger partial charge on any atom is -0.491 e. The molecule has 10 nitrogen and oxygen atoms in total. The number of para-hydroxylation sites is 1. The molecule has 1 aromatic rings. The van der Waals surface area contributed by atoms with Crippen LogP contribution in [0.25, 0.3) is 0 Å². The number of carbonyl (C=O) groups excluding carboxylic acids is 4. The number of likely N-dealkylation sites (N-methyl/N-ethyl adjacent to an activating group) is 1. The van der Waals surface area contributed by atoms with Crippen LogP contribution in [0.15, 0.2) is 24.3 Å². The number of carbonyl (C=O) groups is 4. The standard InChI is InChI=1S/C29H47N5O5/c1-7-34(8-2)16-15-30-28(37)22-13-14-26(35)31-23(17-19(3)4)29(38)33-24(20(5)6)18-39-25-12-10-9-11-21(25)27(36)32-22/h9-12,19-20,22-24H,7-8,13-18H2,1-6H3,(H,30,37)(H,31,35)(H,32,36)(H,33,38)/t22-,23+,24+/m0/s1. The molecule has 1 heterocycles. The van der Waals surface area contributed by atoms with Crippen LogP contribution in [0, 0.1) is 11.8 Å². The number of nitrogens with one attached hydrogen (secondary N) is 4. The Bertz CT molecular complexity index is 963. The van der Waals surface area contributed by atoms with Crippen LogP contribution in [-0.2, 0) is 14.4 Å². The molecular formula is C29H47N5O5. The molecule has 1 aliphatic rings. The monoisotopic (exact) mass is 545 g/mol. The summed E-state index contributed by atoms with van der Waals surface area (Å²) in [5.74, 6) is -0.868. The summed E-state index contributed by atoms with van der Waals surface area (Å²) in [7, 11) is 0. The molecule has 0 saturated heterocycles. The Morgan fingerprint density at radius 2 is 1.74 bits per heavy atom. The highest BCUT2D eigenvalue weighted by Gasteiger charge is 2.29. The van der Waals surface area contributed by atoms with Gasteiger partial charge in [0.05, 0.1) is 11.6 Å². The van der Waals surface area contributed by atoms with Gasteiger partial charge in [0, 0.05) is 19.5 Å². The average molecular weight is 546 g/mol. The summed E-state index contributed by atoms with van der Waals surface area (Å²) in [5.41, 5.74) is 0.282. The van der Waals surface area contributed by atoms with E-state index in [-0.39, 0.29) is 60.6 Å². The summed E-state index contributed by atoms with van der Waals surface area (Å²) in [5, 5.41) is 11.6. The maximum absolute atomic E-state index is 13.3. The first kappa shape index (κ1) is 32.1. The fourth-order valence-electron chi connectivity index (χ4n) is 4.39. The molecule has 0 aliphatic carbocycles. The van der Waals surface area contributed by atoms with Crippen LogP contribution in [0.3, 0.4) is 0 Å². The second kappa shape index (κ2) is 16.1. The summed E-state index contributed by atoms with van der Waals surface area (Å²) < 4.78 is 6.04. The zero-order valence-electron chi connectivity index (χ0n) is 24.3. The fourth-order valence-corrected chi connectivity index (χ4v) is 4.39. The largest absolute Gasteiger partial charge is 0.491 e. The molecule has 0 bridgehead atoms. The smallest absolute Gasteiger partial charge is 0.255 e. The molecule has 218 valence electrons. The summed E-state index contributed by atoms with van der Waals surface area (Å²) in [4.78, 5) is 54.8. The third-order valence-corrected chi connectivity index (χ3v) is 6.94. The van der Waals surface area contributed by atoms with Crippen LogP contribution in [0.5, 0.6) is 5.75 Å². The molecule has 1 aliphatic heterocycles. The van der Waals surface area contributed by atoms with E-state index in [1.807, 2.05) is 27.7 Å². The molecule has 1 aromatic carbocycles. The number of ether oxygens (including phenoxy) is 1. The van der Waals surface area contributed by atoms with Crippen molar-refractivity contribution >= 4 is 23.6 Å². The van der Waals surface area contributed by atoms with Crippen molar-refractivity contribution in [3.8, 4) is 5.75 Å². The lowest BCUT2D eigenvalue weighted by molar-refractivity contribution is -0.130. The summed E-state index contributed by atoms with van der Waals surface area (Å²) in [6.45, 7) is 15.0. The Balaban J connectivity index is 2.33. The number of rotatable bonds is 9. The van der Waals surface area contributed by atoms with Gasteiger partial charge in [-0.2, -0.15) is 0 Å². The van der Waals surface area contributed by atoms with Gasteiger partial charge in [0.2, 0.25) is 17.7 Å². The summed E-state index contributed by atoms with van der Waals surface area (Å²) in [6, 6.07) is 4.83. The van der Waals surface area contributed by atoms with Crippen LogP contribution in [0.1, 0.15) is 71.2 Å². The van der Waals surface area contributed by atoms with E-state index in [9.17, 15) is 19.2 Å². The second-order valence-electron chi connectivity index (χ2n) is 10.8. The van der Waals surface area contributed by atoms with E-state index in [2.05, 4.69) is 40.0 Å². The zero-order valence-corrected chi connectivity index (χ0v) is 24.3. The molecule has 4 amide bonds. The summed E-state index contributed by atoms with van der Waals surface area (Å²) >= 11 is 0. The topological polar surface area (TPSA) is 129 Å². The normalized spacial score (nSPS) is 21.3. The lowest BCUT2D eigenvalue weighted by atomic mass is 10.0. The average Bonchev–Trinajstić information content (AvgIpc) is 2.90. The number of hydrogen-bond acceptors (Lipinski definition) is 6. The predicted molar refractivity (Wildman–Crippen MR) is 151 cm³/mol. The minimum atomic E-state index is -0.932. The Labute approximate surface area is 233 Å². The minimum absolute atomic E-state index is 0.0258. The molecule has 3 atom stereocenters. The number of amides is 4. The number of benzene rings is 1. The van der Waals surface area contributed by atoms with E-state index < -0.39 is 18.0 Å². The van der Waals surface area contributed by atoms with Crippen LogP contribution >= 0.6 is 0 Å². The Hall–Kier alpha value is -3.14. The molecule has 0 fully saturated rings. The van der Waals surface area contributed by atoms with Crippen LogP contribution in [0.4, 0.5) is 0 Å². The third-order valence-electron chi connectivity index (χ3n) is 6.94. The molecule has 0 aromatic heterocycles. The van der Waals surface area contributed by atoms with Gasteiger partial charge in [-0.05, 0) is 49.9 Å². The SMILES string of the molecule is CCN(CC)CCNC(=O)[C@@H]1CCC(=O)N[C@H](CC(C)C)C(=O)N[C@@H](C(C)C)COc2ccccc2C(=O)N1. The maximum atomic E-state index is 13.3. The van der Waals surface area contributed by atoms with E-state index in [4.69, 9.17) is 4.74 Å². The third kappa shape index (κ3) is 10.5. The molecular weight excluding hydrogens is 498 g/mol. The molecule has 39 heavy (non-hydrogen) atoms. The van der Waals surface area contributed by atoms with Crippen LogP contribution in [0.2, 0.25) is 0 Å². The highest BCUT2D eigenvalue weighted by molar-refractivity contribution is 5.99. The van der Waals surface area contributed by atoms with E-state index in [0.717, 1.165) is 13.1 Å². The first-order valence-corrected chi connectivity index (χ1v) is 14.2. The first-order valence-electron chi connectivity index (χ1n) is 14.2. The van der Waals surface area contributed by atoms with Gasteiger partial charge in [-0.25, -0.2) is 0 Å². The predicted octanol–water partition coefficient (Wildman–Crippen LogP) is 2.09. The van der Waals surface area contributed by atoms with Gasteiger partial charge in [-0.3, -0.25) is 19.2 Å². The lowest BCUT2D eigenvalue weighted by Crippen LogP contribution is -2.53. The molecule has 0 saturated carbocycles. The van der Waals surface area contributed by atoms with E-state index in [1.54, 1.807) is 24.3 Å². The molecule has 0 unspecified atom stereocenters. The van der Waals surface area contributed by atoms with Gasteiger partial charge in [0.15, 0.2) is 0 Å². The molecule has 2 rings (SSSR count). The molecule has 0 radical (unpaired) electrons. The second-order valence-corrected chi connectivity index (χ2v) is 10.8. The van der Waals surface area contributed by atoms with Gasteiger partial charge in [-0.15, -0.1) is 0 Å². The fraction of sp³-hybridized carbons (Fsp3) is 0.655. The highest BCUT2D eigenvalue weighted by Crippen LogP contribution is 2.20. The Morgan fingerprint density at radius 1 is 1.05 bits per heavy atom. The molecule has 4 N–H and O–H groups in total. The van der Waals surface area contributed by atoms with Gasteiger partial charge in [0.25, 0.3) is 5.91 Å². The first-order chi connectivity index (χ1) is 18.5. The molecule has 10 heteroatoms. The van der Waals surface area contributed by atoms with Crippen LogP contribution < -0.4 is 26.0 Å². The highest BCUT2D eigenvalue weighted by atomic mass is 16.5. The van der Waals surface area contributed by atoms with Gasteiger partial charge in [0.1, 0.15) is 24.4 Å². The van der Waals surface area contributed by atoms with Gasteiger partial charge in [-0.1, -0.05) is 53.7 Å². The summed E-state index contributed by atoms with van der Waals surface area (Å²) in [6.07, 6.45) is 0.530. The number of nitrogens with zero attached hydrogens (tertiary/aromatic N) is 1. The Kier molecular flexibility index (Phi) is 13.2. The van der Waals surface area contributed by atoms with Gasteiger partial charge < -0.3 is 30.9 Å². The Morgan fingerprint density at radius 3 is 2.38 bits per heavy atom. The number of fused-ring (bicyclic) bond motifs is 1. The quantitative estimate of drug-likeness (QED) is 0.376. The van der Waals surface area contributed by atoms with Crippen molar-refractivity contribution in [1.29, 1.82) is 0 Å². The van der Waals surface area contributed by atoms with Gasteiger partial charge >= 0.3 is 0 Å². The van der Waals surface area contributed by atoms with Crippen molar-refractivity contribution in [2.24, 2.45) is 11.8 Å². The van der Waals surface area contributed by atoms with Crippen molar-refractivity contribution in [3.05, 3.63) is 29.8 Å². The van der Waals surface area contributed by atoms with E-state index >= 15 is 0 Å². The van der Waals surface area contributed by atoms with E-state index in [1.165, 1.54) is 0 Å². The van der Waals surface area contributed by atoms with E-state index in [0.29, 0.717) is 25.3 Å². The maximum Gasteiger partial charge on any atom is 0.255 e.